The Morgan fingerprint density at radius 2 is 1.69 bits per heavy atom. The van der Waals surface area contributed by atoms with E-state index in [0.29, 0.717) is 16.6 Å². The highest BCUT2D eigenvalue weighted by Gasteiger charge is 2.11. The predicted octanol–water partition coefficient (Wildman–Crippen LogP) is 6.63. The number of benzene rings is 3. The van der Waals surface area contributed by atoms with Gasteiger partial charge in [-0.15, -0.1) is 0 Å². The Balaban J connectivity index is 1.71. The number of imidazole rings is 1. The summed E-state index contributed by atoms with van der Waals surface area (Å²) < 4.78 is 2.18. The first kappa shape index (κ1) is 19.6. The first-order valence-electron chi connectivity index (χ1n) is 9.36. The lowest BCUT2D eigenvalue weighted by molar-refractivity contribution is 0.814. The summed E-state index contributed by atoms with van der Waals surface area (Å²) in [6.45, 7) is 0.621. The molecule has 0 saturated carbocycles. The molecule has 29 heavy (non-hydrogen) atoms. The Labute approximate surface area is 180 Å². The normalized spacial score (nSPS) is 11.4. The van der Waals surface area contributed by atoms with E-state index in [0.717, 1.165) is 28.0 Å². The molecule has 4 rings (SSSR count). The Kier molecular flexibility index (Phi) is 5.61. The predicted molar refractivity (Wildman–Crippen MR) is 125 cm³/mol. The van der Waals surface area contributed by atoms with Crippen molar-refractivity contribution in [1.29, 1.82) is 0 Å². The number of rotatable bonds is 5. The molecule has 0 radical (unpaired) electrons. The summed E-state index contributed by atoms with van der Waals surface area (Å²) in [6.07, 6.45) is 4.13. The quantitative estimate of drug-likeness (QED) is 0.360. The highest BCUT2D eigenvalue weighted by molar-refractivity contribution is 6.35. The number of para-hydroxylation sites is 2. The van der Waals surface area contributed by atoms with Crippen LogP contribution in [-0.4, -0.2) is 23.6 Å². The molecule has 1 heterocycles. The van der Waals surface area contributed by atoms with E-state index in [1.165, 1.54) is 5.69 Å². The zero-order valence-electron chi connectivity index (χ0n) is 16.3. The Bertz CT molecular complexity index is 1170. The third-order valence-electron chi connectivity index (χ3n) is 4.86. The van der Waals surface area contributed by atoms with Crippen LogP contribution in [0.3, 0.4) is 0 Å². The Hall–Kier alpha value is -2.75. The molecule has 3 aromatic carbocycles. The van der Waals surface area contributed by atoms with Gasteiger partial charge in [0.2, 0.25) is 0 Å². The Morgan fingerprint density at radius 3 is 2.41 bits per heavy atom. The van der Waals surface area contributed by atoms with E-state index in [-0.39, 0.29) is 0 Å². The van der Waals surface area contributed by atoms with Gasteiger partial charge in [0.15, 0.2) is 0 Å². The van der Waals surface area contributed by atoms with Crippen molar-refractivity contribution in [3.8, 4) is 0 Å². The maximum atomic E-state index is 6.42. The molecule has 0 unspecified atom stereocenters. The summed E-state index contributed by atoms with van der Waals surface area (Å²) >= 11 is 12.5. The number of aromatic nitrogens is 2. The molecular formula is C24H21Cl2N3. The first-order chi connectivity index (χ1) is 14.0. The van der Waals surface area contributed by atoms with Crippen LogP contribution in [0.5, 0.6) is 0 Å². The molecule has 3 nitrogen and oxygen atoms in total. The van der Waals surface area contributed by atoms with Gasteiger partial charge in [0.05, 0.1) is 17.6 Å². The van der Waals surface area contributed by atoms with Gasteiger partial charge < -0.3 is 9.47 Å². The minimum absolute atomic E-state index is 0.621. The SMILES string of the molecule is CN(C)c1ccc(/C=C/c2nc3ccccc3n2Cc2ccc(Cl)cc2Cl)cc1. The molecule has 0 aliphatic rings. The number of hydrogen-bond acceptors (Lipinski definition) is 2. The molecule has 0 fully saturated rings. The summed E-state index contributed by atoms with van der Waals surface area (Å²) in [5.74, 6) is 0.883. The topological polar surface area (TPSA) is 21.1 Å². The maximum Gasteiger partial charge on any atom is 0.134 e. The van der Waals surface area contributed by atoms with E-state index in [9.17, 15) is 0 Å². The van der Waals surface area contributed by atoms with Crippen molar-refractivity contribution in [1.82, 2.24) is 9.55 Å². The van der Waals surface area contributed by atoms with Gasteiger partial charge in [0.25, 0.3) is 0 Å². The molecule has 0 N–H and O–H groups in total. The summed E-state index contributed by atoms with van der Waals surface area (Å²) in [5, 5.41) is 1.29. The largest absolute Gasteiger partial charge is 0.378 e. The lowest BCUT2D eigenvalue weighted by Gasteiger charge is -2.12. The van der Waals surface area contributed by atoms with Crippen molar-refractivity contribution in [3.05, 3.63) is 93.7 Å². The van der Waals surface area contributed by atoms with Crippen LogP contribution in [0.1, 0.15) is 17.0 Å². The zero-order chi connectivity index (χ0) is 20.4. The monoisotopic (exact) mass is 421 g/mol. The van der Waals surface area contributed by atoms with Gasteiger partial charge in [-0.2, -0.15) is 0 Å². The van der Waals surface area contributed by atoms with Crippen LogP contribution in [0.4, 0.5) is 5.69 Å². The average molecular weight is 422 g/mol. The molecule has 0 saturated heterocycles. The van der Waals surface area contributed by atoms with Crippen molar-refractivity contribution in [3.63, 3.8) is 0 Å². The van der Waals surface area contributed by atoms with Crippen LogP contribution in [-0.2, 0) is 6.54 Å². The van der Waals surface area contributed by atoms with E-state index in [4.69, 9.17) is 28.2 Å². The number of fused-ring (bicyclic) bond motifs is 1. The summed E-state index contributed by atoms with van der Waals surface area (Å²) in [6, 6.07) is 22.2. The summed E-state index contributed by atoms with van der Waals surface area (Å²) in [5.41, 5.74) is 5.33. The van der Waals surface area contributed by atoms with Crippen molar-refractivity contribution in [2.45, 2.75) is 6.54 Å². The first-order valence-corrected chi connectivity index (χ1v) is 10.1. The van der Waals surface area contributed by atoms with E-state index in [1.807, 2.05) is 44.4 Å². The molecule has 146 valence electrons. The molecule has 0 bridgehead atoms. The van der Waals surface area contributed by atoms with Crippen LogP contribution < -0.4 is 4.90 Å². The third-order valence-corrected chi connectivity index (χ3v) is 5.45. The highest BCUT2D eigenvalue weighted by Crippen LogP contribution is 2.25. The van der Waals surface area contributed by atoms with Crippen molar-refractivity contribution in [2.75, 3.05) is 19.0 Å². The number of anilines is 1. The maximum absolute atomic E-state index is 6.42. The molecule has 0 atom stereocenters. The standard InChI is InChI=1S/C24H21Cl2N3/c1-28(2)20-12-7-17(8-13-20)9-14-24-27-22-5-3-4-6-23(22)29(24)16-18-10-11-19(25)15-21(18)26/h3-15H,16H2,1-2H3/b14-9+. The molecule has 4 aromatic rings. The van der Waals surface area contributed by atoms with Gasteiger partial charge in [-0.05, 0) is 53.6 Å². The molecule has 0 aliphatic carbocycles. The average Bonchev–Trinajstić information content (AvgIpc) is 3.06. The highest BCUT2D eigenvalue weighted by atomic mass is 35.5. The van der Waals surface area contributed by atoms with E-state index < -0.39 is 0 Å². The summed E-state index contributed by atoms with van der Waals surface area (Å²) in [4.78, 5) is 6.90. The van der Waals surface area contributed by atoms with Crippen LogP contribution >= 0.6 is 23.2 Å². The number of halogens is 2. The van der Waals surface area contributed by atoms with Gasteiger partial charge in [-0.1, -0.05) is 59.6 Å². The fourth-order valence-corrected chi connectivity index (χ4v) is 3.73. The molecule has 1 aromatic heterocycles. The second-order valence-electron chi connectivity index (χ2n) is 7.10. The fraction of sp³-hybridized carbons (Fsp3) is 0.125. The van der Waals surface area contributed by atoms with Gasteiger partial charge >= 0.3 is 0 Å². The lowest BCUT2D eigenvalue weighted by atomic mass is 10.2. The van der Waals surface area contributed by atoms with E-state index >= 15 is 0 Å². The minimum atomic E-state index is 0.621. The van der Waals surface area contributed by atoms with Gasteiger partial charge in [-0.25, -0.2) is 4.98 Å². The smallest absolute Gasteiger partial charge is 0.134 e. The second kappa shape index (κ2) is 8.32. The van der Waals surface area contributed by atoms with E-state index in [2.05, 4.69) is 52.0 Å². The van der Waals surface area contributed by atoms with Gasteiger partial charge in [0, 0.05) is 29.8 Å². The van der Waals surface area contributed by atoms with Crippen LogP contribution in [0.2, 0.25) is 10.0 Å². The lowest BCUT2D eigenvalue weighted by Crippen LogP contribution is -2.07. The number of nitrogens with zero attached hydrogens (tertiary/aromatic N) is 3. The second-order valence-corrected chi connectivity index (χ2v) is 7.94. The molecule has 0 spiro atoms. The minimum Gasteiger partial charge on any atom is -0.378 e. The van der Waals surface area contributed by atoms with Crippen molar-refractivity contribution < 1.29 is 0 Å². The molecular weight excluding hydrogens is 401 g/mol. The van der Waals surface area contributed by atoms with Crippen LogP contribution in [0.25, 0.3) is 23.2 Å². The van der Waals surface area contributed by atoms with E-state index in [1.54, 1.807) is 6.07 Å². The third kappa shape index (κ3) is 4.31. The molecule has 0 amide bonds. The van der Waals surface area contributed by atoms with Gasteiger partial charge in [0.1, 0.15) is 5.82 Å². The van der Waals surface area contributed by atoms with Crippen molar-refractivity contribution in [2.24, 2.45) is 0 Å². The van der Waals surface area contributed by atoms with Crippen LogP contribution in [0.15, 0.2) is 66.7 Å². The molecule has 5 heteroatoms. The fourth-order valence-electron chi connectivity index (χ4n) is 3.26. The van der Waals surface area contributed by atoms with Gasteiger partial charge in [-0.3, -0.25) is 0 Å². The van der Waals surface area contributed by atoms with Crippen molar-refractivity contribution >= 4 is 52.1 Å². The van der Waals surface area contributed by atoms with Crippen LogP contribution in [0, 0.1) is 0 Å². The Morgan fingerprint density at radius 1 is 0.931 bits per heavy atom. The number of hydrogen-bond donors (Lipinski definition) is 0. The summed E-state index contributed by atoms with van der Waals surface area (Å²) in [7, 11) is 4.07. The zero-order valence-corrected chi connectivity index (χ0v) is 17.8. The molecule has 0 aliphatic heterocycles.